The summed E-state index contributed by atoms with van der Waals surface area (Å²) in [6.45, 7) is 2.97. The molecular weight excluding hydrogens is 349 g/mol. The number of ether oxygens (including phenoxy) is 2. The summed E-state index contributed by atoms with van der Waals surface area (Å²) in [5, 5.41) is 3.99. The van der Waals surface area contributed by atoms with Crippen molar-refractivity contribution in [2.24, 2.45) is 0 Å². The van der Waals surface area contributed by atoms with E-state index >= 15 is 0 Å². The third kappa shape index (κ3) is 5.95. The molecule has 2 aromatic rings. The molecule has 6 heteroatoms. The van der Waals surface area contributed by atoms with Gasteiger partial charge in [-0.2, -0.15) is 0 Å². The number of carbonyl (C=O) groups is 1. The van der Waals surface area contributed by atoms with Gasteiger partial charge in [0, 0.05) is 16.6 Å². The molecule has 0 unspecified atom stereocenters. The molecule has 0 saturated carbocycles. The summed E-state index contributed by atoms with van der Waals surface area (Å²) in [7, 11) is 0. The van der Waals surface area contributed by atoms with Crippen LogP contribution in [0.15, 0.2) is 42.5 Å². The van der Waals surface area contributed by atoms with Crippen molar-refractivity contribution < 1.29 is 14.3 Å². The monoisotopic (exact) mass is 367 g/mol. The third-order valence-corrected chi connectivity index (χ3v) is 3.82. The fourth-order valence-electron chi connectivity index (χ4n) is 2.06. The van der Waals surface area contributed by atoms with Crippen LogP contribution in [0.2, 0.25) is 10.0 Å². The molecule has 0 aliphatic rings. The van der Waals surface area contributed by atoms with Crippen molar-refractivity contribution in [3.8, 4) is 11.5 Å². The summed E-state index contributed by atoms with van der Waals surface area (Å²) in [6, 6.07) is 12.5. The van der Waals surface area contributed by atoms with Gasteiger partial charge < -0.3 is 14.8 Å². The Bertz CT molecular complexity index is 674. The van der Waals surface area contributed by atoms with E-state index in [0.717, 1.165) is 11.3 Å². The highest BCUT2D eigenvalue weighted by atomic mass is 35.5. The Morgan fingerprint density at radius 1 is 1.04 bits per heavy atom. The molecule has 4 nitrogen and oxygen atoms in total. The Labute approximate surface area is 151 Å². The molecule has 0 aromatic heterocycles. The molecule has 0 aliphatic heterocycles. The summed E-state index contributed by atoms with van der Waals surface area (Å²) < 4.78 is 10.8. The number of nitrogens with one attached hydrogen (secondary N) is 1. The third-order valence-electron chi connectivity index (χ3n) is 3.24. The van der Waals surface area contributed by atoms with Crippen molar-refractivity contribution in [1.82, 2.24) is 5.32 Å². The first-order chi connectivity index (χ1) is 11.6. The predicted octanol–water partition coefficient (Wildman–Crippen LogP) is 4.13. The van der Waals surface area contributed by atoms with E-state index in [1.165, 1.54) is 0 Å². The molecular formula is C18H19Cl2NO3. The van der Waals surface area contributed by atoms with E-state index in [1.54, 1.807) is 36.4 Å². The number of hydrogen-bond acceptors (Lipinski definition) is 3. The molecule has 1 amide bonds. The van der Waals surface area contributed by atoms with Gasteiger partial charge in [-0.15, -0.1) is 0 Å². The van der Waals surface area contributed by atoms with Gasteiger partial charge in [-0.1, -0.05) is 29.3 Å². The maximum atomic E-state index is 11.8. The summed E-state index contributed by atoms with van der Waals surface area (Å²) in [5.74, 6) is 1.21. The van der Waals surface area contributed by atoms with Crippen molar-refractivity contribution in [3.05, 3.63) is 58.1 Å². The smallest absolute Gasteiger partial charge is 0.257 e. The number of amides is 1. The second-order valence-electron chi connectivity index (χ2n) is 5.03. The number of benzene rings is 2. The standard InChI is InChI=1S/C18H19Cl2NO3/c1-2-23-15-5-7-16(8-6-15)24-12-18(22)21-10-9-13-3-4-14(19)11-17(13)20/h3-8,11H,2,9-10,12H2,1H3,(H,21,22). The van der Waals surface area contributed by atoms with Gasteiger partial charge in [0.1, 0.15) is 11.5 Å². The normalized spacial score (nSPS) is 10.3. The summed E-state index contributed by atoms with van der Waals surface area (Å²) in [6.07, 6.45) is 0.630. The lowest BCUT2D eigenvalue weighted by molar-refractivity contribution is -0.123. The lowest BCUT2D eigenvalue weighted by atomic mass is 10.1. The van der Waals surface area contributed by atoms with Crippen molar-refractivity contribution in [3.63, 3.8) is 0 Å². The number of rotatable bonds is 8. The molecule has 0 bridgehead atoms. The largest absolute Gasteiger partial charge is 0.494 e. The van der Waals surface area contributed by atoms with Gasteiger partial charge in [0.05, 0.1) is 6.61 Å². The van der Waals surface area contributed by atoms with Crippen molar-refractivity contribution in [2.45, 2.75) is 13.3 Å². The minimum Gasteiger partial charge on any atom is -0.494 e. The lowest BCUT2D eigenvalue weighted by Crippen LogP contribution is -2.30. The van der Waals surface area contributed by atoms with E-state index in [2.05, 4.69) is 5.32 Å². The van der Waals surface area contributed by atoms with Crippen LogP contribution in [0.4, 0.5) is 0 Å². The molecule has 0 spiro atoms. The van der Waals surface area contributed by atoms with Gasteiger partial charge in [0.2, 0.25) is 0 Å². The van der Waals surface area contributed by atoms with Crippen LogP contribution in [-0.4, -0.2) is 25.7 Å². The summed E-state index contributed by atoms with van der Waals surface area (Å²) in [5.41, 5.74) is 0.939. The first-order valence-corrected chi connectivity index (χ1v) is 8.40. The summed E-state index contributed by atoms with van der Waals surface area (Å²) in [4.78, 5) is 11.8. The van der Waals surface area contributed by atoms with Crippen molar-refractivity contribution in [2.75, 3.05) is 19.8 Å². The van der Waals surface area contributed by atoms with Gasteiger partial charge in [-0.25, -0.2) is 0 Å². The molecule has 0 atom stereocenters. The Hall–Kier alpha value is -1.91. The van der Waals surface area contributed by atoms with Gasteiger partial charge >= 0.3 is 0 Å². The van der Waals surface area contributed by atoms with Crippen LogP contribution in [0, 0.1) is 0 Å². The van der Waals surface area contributed by atoms with Crippen LogP contribution in [0.25, 0.3) is 0 Å². The highest BCUT2D eigenvalue weighted by Crippen LogP contribution is 2.21. The zero-order valence-electron chi connectivity index (χ0n) is 13.4. The summed E-state index contributed by atoms with van der Waals surface area (Å²) >= 11 is 11.9. The van der Waals surface area contributed by atoms with E-state index in [0.29, 0.717) is 35.4 Å². The molecule has 2 rings (SSSR count). The topological polar surface area (TPSA) is 47.6 Å². The average molecular weight is 368 g/mol. The minimum absolute atomic E-state index is 0.0394. The Morgan fingerprint density at radius 2 is 1.71 bits per heavy atom. The number of hydrogen-bond donors (Lipinski definition) is 1. The first kappa shape index (κ1) is 18.4. The van der Waals surface area contributed by atoms with Gasteiger partial charge in [0.15, 0.2) is 6.61 Å². The molecule has 1 N–H and O–H groups in total. The van der Waals surface area contributed by atoms with Crippen LogP contribution in [0.3, 0.4) is 0 Å². The van der Waals surface area contributed by atoms with Crippen molar-refractivity contribution in [1.29, 1.82) is 0 Å². The molecule has 2 aromatic carbocycles. The molecule has 0 fully saturated rings. The highest BCUT2D eigenvalue weighted by Gasteiger charge is 2.05. The quantitative estimate of drug-likeness (QED) is 0.762. The van der Waals surface area contributed by atoms with Crippen LogP contribution >= 0.6 is 23.2 Å². The van der Waals surface area contributed by atoms with Crippen molar-refractivity contribution >= 4 is 29.1 Å². The SMILES string of the molecule is CCOc1ccc(OCC(=O)NCCc2ccc(Cl)cc2Cl)cc1. The maximum absolute atomic E-state index is 11.8. The molecule has 0 aliphatic carbocycles. The molecule has 0 radical (unpaired) electrons. The van der Waals surface area contributed by atoms with Crippen LogP contribution < -0.4 is 14.8 Å². The molecule has 24 heavy (non-hydrogen) atoms. The maximum Gasteiger partial charge on any atom is 0.257 e. The van der Waals surface area contributed by atoms with E-state index in [4.69, 9.17) is 32.7 Å². The van der Waals surface area contributed by atoms with Crippen LogP contribution in [-0.2, 0) is 11.2 Å². The average Bonchev–Trinajstić information content (AvgIpc) is 2.56. The highest BCUT2D eigenvalue weighted by molar-refractivity contribution is 6.35. The minimum atomic E-state index is -0.186. The first-order valence-electron chi connectivity index (χ1n) is 7.64. The Kier molecular flexibility index (Phi) is 7.22. The zero-order valence-corrected chi connectivity index (χ0v) is 14.9. The fraction of sp³-hybridized carbons (Fsp3) is 0.278. The number of halogens is 2. The van der Waals surface area contributed by atoms with Crippen LogP contribution in [0.1, 0.15) is 12.5 Å². The molecule has 0 heterocycles. The van der Waals surface area contributed by atoms with E-state index in [-0.39, 0.29) is 12.5 Å². The van der Waals surface area contributed by atoms with Gasteiger partial charge in [0.25, 0.3) is 5.91 Å². The lowest BCUT2D eigenvalue weighted by Gasteiger charge is -2.09. The second-order valence-corrected chi connectivity index (χ2v) is 5.87. The van der Waals surface area contributed by atoms with E-state index in [1.807, 2.05) is 13.0 Å². The van der Waals surface area contributed by atoms with Crippen LogP contribution in [0.5, 0.6) is 11.5 Å². The fourth-order valence-corrected chi connectivity index (χ4v) is 2.56. The molecule has 128 valence electrons. The van der Waals surface area contributed by atoms with E-state index in [9.17, 15) is 4.79 Å². The Balaban J connectivity index is 1.71. The molecule has 0 saturated heterocycles. The number of carbonyl (C=O) groups excluding carboxylic acids is 1. The van der Waals surface area contributed by atoms with Gasteiger partial charge in [-0.3, -0.25) is 4.79 Å². The predicted molar refractivity (Wildman–Crippen MR) is 96.3 cm³/mol. The second kappa shape index (κ2) is 9.40. The zero-order chi connectivity index (χ0) is 17.4. The van der Waals surface area contributed by atoms with Gasteiger partial charge in [-0.05, 0) is 55.3 Å². The van der Waals surface area contributed by atoms with E-state index < -0.39 is 0 Å². The Morgan fingerprint density at radius 3 is 2.33 bits per heavy atom.